The molecule has 0 heterocycles. The molecule has 1 unspecified atom stereocenters. The van der Waals surface area contributed by atoms with Crippen LogP contribution in [-0.2, 0) is 6.42 Å². The molecule has 2 aromatic rings. The summed E-state index contributed by atoms with van der Waals surface area (Å²) in [5.74, 6) is 0.731. The van der Waals surface area contributed by atoms with Gasteiger partial charge in [-0.05, 0) is 38.0 Å². The van der Waals surface area contributed by atoms with Crippen LogP contribution >= 0.6 is 0 Å². The number of ether oxygens (including phenoxy) is 1. The molecule has 0 saturated heterocycles. The maximum Gasteiger partial charge on any atom is 0.202 e. The summed E-state index contributed by atoms with van der Waals surface area (Å²) in [5, 5.41) is 0. The first-order valence-corrected chi connectivity index (χ1v) is 6.96. The number of rotatable bonds is 5. The van der Waals surface area contributed by atoms with Gasteiger partial charge in [0.25, 0.3) is 0 Å². The lowest BCUT2D eigenvalue weighted by molar-refractivity contribution is 0.0818. The van der Waals surface area contributed by atoms with Crippen molar-refractivity contribution in [1.82, 2.24) is 0 Å². The van der Waals surface area contributed by atoms with Crippen LogP contribution in [0.5, 0.6) is 5.75 Å². The lowest BCUT2D eigenvalue weighted by atomic mass is 10.0. The number of carbonyl (C=O) groups excluding carboxylic acids is 1. The van der Waals surface area contributed by atoms with Crippen molar-refractivity contribution in [3.8, 4) is 5.75 Å². The van der Waals surface area contributed by atoms with E-state index >= 15 is 0 Å². The molecule has 0 spiro atoms. The maximum absolute atomic E-state index is 12.3. The zero-order valence-electron chi connectivity index (χ0n) is 12.2. The number of ketones is 1. The molecular weight excluding hydrogens is 248 g/mol. The molecule has 0 aliphatic heterocycles. The summed E-state index contributed by atoms with van der Waals surface area (Å²) < 4.78 is 5.69. The quantitative estimate of drug-likeness (QED) is 0.759. The third-order valence-corrected chi connectivity index (χ3v) is 3.35. The van der Waals surface area contributed by atoms with Crippen LogP contribution in [0.25, 0.3) is 0 Å². The van der Waals surface area contributed by atoms with Crippen molar-refractivity contribution < 1.29 is 9.53 Å². The summed E-state index contributed by atoms with van der Waals surface area (Å²) in [4.78, 5) is 12.3. The zero-order chi connectivity index (χ0) is 14.5. The molecule has 0 bridgehead atoms. The van der Waals surface area contributed by atoms with Crippen molar-refractivity contribution in [3.63, 3.8) is 0 Å². The van der Waals surface area contributed by atoms with Crippen molar-refractivity contribution in [2.24, 2.45) is 0 Å². The first-order valence-electron chi connectivity index (χ1n) is 6.96. The number of Topliss-reactive ketones (excluding diaryl/α,β-unsaturated/α-hetero) is 1. The van der Waals surface area contributed by atoms with E-state index < -0.39 is 6.10 Å². The minimum atomic E-state index is -0.481. The summed E-state index contributed by atoms with van der Waals surface area (Å²) in [7, 11) is 0. The second-order valence-corrected chi connectivity index (χ2v) is 4.99. The highest BCUT2D eigenvalue weighted by atomic mass is 16.5. The van der Waals surface area contributed by atoms with Gasteiger partial charge >= 0.3 is 0 Å². The van der Waals surface area contributed by atoms with Gasteiger partial charge in [-0.15, -0.1) is 0 Å². The topological polar surface area (TPSA) is 26.3 Å². The van der Waals surface area contributed by atoms with Crippen LogP contribution in [0.1, 0.15) is 35.3 Å². The van der Waals surface area contributed by atoms with Crippen molar-refractivity contribution >= 4 is 5.78 Å². The van der Waals surface area contributed by atoms with Gasteiger partial charge in [0, 0.05) is 5.56 Å². The first kappa shape index (κ1) is 14.3. The largest absolute Gasteiger partial charge is 0.483 e. The summed E-state index contributed by atoms with van der Waals surface area (Å²) in [6.07, 6.45) is 0.495. The number of hydrogen-bond donors (Lipinski definition) is 0. The van der Waals surface area contributed by atoms with Crippen LogP contribution in [0.4, 0.5) is 0 Å². The Labute approximate surface area is 120 Å². The summed E-state index contributed by atoms with van der Waals surface area (Å²) in [6, 6.07) is 15.5. The van der Waals surface area contributed by atoms with Gasteiger partial charge in [0.2, 0.25) is 5.78 Å². The summed E-state index contributed by atoms with van der Waals surface area (Å²) >= 11 is 0. The Morgan fingerprint density at radius 2 is 1.65 bits per heavy atom. The van der Waals surface area contributed by atoms with E-state index in [1.807, 2.05) is 55.5 Å². The number of hydrogen-bond acceptors (Lipinski definition) is 2. The molecule has 2 heteroatoms. The van der Waals surface area contributed by atoms with Crippen molar-refractivity contribution in [2.75, 3.05) is 0 Å². The minimum absolute atomic E-state index is 0.00762. The predicted molar refractivity (Wildman–Crippen MR) is 81.4 cm³/mol. The first-order chi connectivity index (χ1) is 9.60. The molecular formula is C18H20O2. The Morgan fingerprint density at radius 3 is 2.20 bits per heavy atom. The van der Waals surface area contributed by atoms with Gasteiger partial charge in [-0.1, -0.05) is 48.9 Å². The van der Waals surface area contributed by atoms with E-state index in [1.165, 1.54) is 11.1 Å². The Balaban J connectivity index is 2.05. The highest BCUT2D eigenvalue weighted by Gasteiger charge is 2.16. The van der Waals surface area contributed by atoms with Gasteiger partial charge in [0.05, 0.1) is 0 Å². The molecule has 0 aromatic heterocycles. The molecule has 104 valence electrons. The molecule has 0 amide bonds. The van der Waals surface area contributed by atoms with Gasteiger partial charge in [0.1, 0.15) is 5.75 Å². The number of benzene rings is 2. The fraction of sp³-hybridized carbons (Fsp3) is 0.278. The average molecular weight is 268 g/mol. The van der Waals surface area contributed by atoms with Gasteiger partial charge in [0.15, 0.2) is 6.10 Å². The molecule has 2 aromatic carbocycles. The summed E-state index contributed by atoms with van der Waals surface area (Å²) in [6.45, 7) is 5.91. The number of aryl methyl sites for hydroxylation is 2. The van der Waals surface area contributed by atoms with E-state index in [0.29, 0.717) is 5.56 Å². The molecule has 0 N–H and O–H groups in total. The van der Waals surface area contributed by atoms with Crippen LogP contribution in [0.15, 0.2) is 48.5 Å². The van der Waals surface area contributed by atoms with Crippen molar-refractivity contribution in [1.29, 1.82) is 0 Å². The van der Waals surface area contributed by atoms with E-state index in [9.17, 15) is 4.79 Å². The standard InChI is InChI=1S/C18H20O2/c1-4-15-7-9-16(10-8-15)18(19)14(3)20-17-11-5-13(2)6-12-17/h5-12,14H,4H2,1-3H3. The van der Waals surface area contributed by atoms with Gasteiger partial charge < -0.3 is 4.74 Å². The van der Waals surface area contributed by atoms with E-state index in [0.717, 1.165) is 12.2 Å². The minimum Gasteiger partial charge on any atom is -0.483 e. The van der Waals surface area contributed by atoms with Crippen LogP contribution in [0.2, 0.25) is 0 Å². The zero-order valence-corrected chi connectivity index (χ0v) is 12.2. The SMILES string of the molecule is CCc1ccc(C(=O)C(C)Oc2ccc(C)cc2)cc1. The van der Waals surface area contributed by atoms with Gasteiger partial charge in [-0.25, -0.2) is 0 Å². The van der Waals surface area contributed by atoms with E-state index in [1.54, 1.807) is 6.92 Å². The average Bonchev–Trinajstić information content (AvgIpc) is 2.49. The molecule has 2 nitrogen and oxygen atoms in total. The maximum atomic E-state index is 12.3. The fourth-order valence-electron chi connectivity index (χ4n) is 2.01. The highest BCUT2D eigenvalue weighted by Crippen LogP contribution is 2.16. The van der Waals surface area contributed by atoms with E-state index in [2.05, 4.69) is 6.92 Å². The Hall–Kier alpha value is -2.09. The Morgan fingerprint density at radius 1 is 1.05 bits per heavy atom. The summed E-state index contributed by atoms with van der Waals surface area (Å²) in [5.41, 5.74) is 3.10. The van der Waals surface area contributed by atoms with Gasteiger partial charge in [-0.3, -0.25) is 4.79 Å². The molecule has 0 aliphatic rings. The van der Waals surface area contributed by atoms with Crippen LogP contribution < -0.4 is 4.74 Å². The fourth-order valence-corrected chi connectivity index (χ4v) is 2.01. The van der Waals surface area contributed by atoms with Crippen molar-refractivity contribution in [3.05, 3.63) is 65.2 Å². The van der Waals surface area contributed by atoms with Gasteiger partial charge in [-0.2, -0.15) is 0 Å². The smallest absolute Gasteiger partial charge is 0.202 e. The molecule has 0 aliphatic carbocycles. The van der Waals surface area contributed by atoms with Crippen LogP contribution in [0, 0.1) is 6.92 Å². The second kappa shape index (κ2) is 6.38. The molecule has 1 atom stereocenters. The van der Waals surface area contributed by atoms with E-state index in [-0.39, 0.29) is 5.78 Å². The molecule has 20 heavy (non-hydrogen) atoms. The molecule has 0 radical (unpaired) electrons. The number of carbonyl (C=O) groups is 1. The van der Waals surface area contributed by atoms with E-state index in [4.69, 9.17) is 4.74 Å². The molecule has 0 saturated carbocycles. The normalized spacial score (nSPS) is 11.9. The molecule has 2 rings (SSSR count). The lowest BCUT2D eigenvalue weighted by Crippen LogP contribution is -2.23. The second-order valence-electron chi connectivity index (χ2n) is 4.99. The van der Waals surface area contributed by atoms with Crippen LogP contribution in [0.3, 0.4) is 0 Å². The third-order valence-electron chi connectivity index (χ3n) is 3.35. The lowest BCUT2D eigenvalue weighted by Gasteiger charge is -2.14. The van der Waals surface area contributed by atoms with Crippen molar-refractivity contribution in [2.45, 2.75) is 33.3 Å². The van der Waals surface area contributed by atoms with Crippen LogP contribution in [-0.4, -0.2) is 11.9 Å². The third kappa shape index (κ3) is 3.47. The molecule has 0 fully saturated rings. The Kier molecular flexibility index (Phi) is 4.57. The Bertz CT molecular complexity index is 567. The predicted octanol–water partition coefficient (Wildman–Crippen LogP) is 4.21. The monoisotopic (exact) mass is 268 g/mol. The highest BCUT2D eigenvalue weighted by molar-refractivity contribution is 5.99.